The van der Waals surface area contributed by atoms with E-state index in [-0.39, 0.29) is 13.2 Å². The van der Waals surface area contributed by atoms with Gasteiger partial charge in [0.2, 0.25) is 5.82 Å². The number of amides is 1. The molecule has 1 aliphatic heterocycles. The lowest BCUT2D eigenvalue weighted by molar-refractivity contribution is 0.0963. The first kappa shape index (κ1) is 17.7. The molecule has 148 valence electrons. The number of carbonyl (C=O) groups excluding carboxylic acids is 1. The van der Waals surface area contributed by atoms with Crippen LogP contribution in [0.25, 0.3) is 22.6 Å². The first-order chi connectivity index (χ1) is 14.1. The summed E-state index contributed by atoms with van der Waals surface area (Å²) in [4.78, 5) is 19.1. The van der Waals surface area contributed by atoms with E-state index >= 15 is 0 Å². The van der Waals surface area contributed by atoms with Crippen molar-refractivity contribution >= 4 is 11.8 Å². The minimum absolute atomic E-state index is 0.179. The van der Waals surface area contributed by atoms with E-state index in [9.17, 15) is 9.18 Å². The number of hydrogen-bond donors (Lipinski definition) is 1. The molecule has 9 nitrogen and oxygen atoms in total. The fourth-order valence-corrected chi connectivity index (χ4v) is 3.21. The first-order valence-corrected chi connectivity index (χ1v) is 9.27. The van der Waals surface area contributed by atoms with E-state index in [0.717, 1.165) is 12.8 Å². The third-order valence-corrected chi connectivity index (χ3v) is 4.95. The van der Waals surface area contributed by atoms with Gasteiger partial charge in [0.05, 0.1) is 24.9 Å². The third kappa shape index (κ3) is 3.31. The molecule has 1 saturated carbocycles. The van der Waals surface area contributed by atoms with Gasteiger partial charge in [0.25, 0.3) is 0 Å². The number of ether oxygens (including phenoxy) is 1. The monoisotopic (exact) mass is 396 g/mol. The molecule has 1 saturated heterocycles. The maximum absolute atomic E-state index is 14.7. The van der Waals surface area contributed by atoms with Crippen LogP contribution in [0.4, 0.5) is 14.9 Å². The predicted octanol–water partition coefficient (Wildman–Crippen LogP) is 2.19. The van der Waals surface area contributed by atoms with Gasteiger partial charge in [-0.2, -0.15) is 4.80 Å². The number of aromatic nitrogens is 5. The number of tetrazole rings is 1. The van der Waals surface area contributed by atoms with Crippen LogP contribution in [0.15, 0.2) is 36.5 Å². The lowest BCUT2D eigenvalue weighted by Gasteiger charge is -2.14. The van der Waals surface area contributed by atoms with E-state index in [1.54, 1.807) is 35.3 Å². The molecule has 1 N–H and O–H groups in total. The standard InChI is InChI=1S/C19H17FN6O3/c20-16-7-13(25-9-14(10-27)29-19(25)28)4-5-15(16)11-1-6-17(21-8-11)18-22-24-26(23-18)12-2-3-12/h1,4-8,12,14,27H,2-3,9-10H2/t14-/m1/s1. The Morgan fingerprint density at radius 3 is 2.76 bits per heavy atom. The average Bonchev–Trinajstić information content (AvgIpc) is 3.34. The molecule has 1 amide bonds. The zero-order valence-electron chi connectivity index (χ0n) is 15.3. The number of benzene rings is 1. The molecule has 3 aromatic rings. The Labute approximate surface area is 164 Å². The van der Waals surface area contributed by atoms with Crippen molar-refractivity contribution < 1.29 is 19.0 Å². The van der Waals surface area contributed by atoms with E-state index in [0.29, 0.717) is 34.4 Å². The molecular weight excluding hydrogens is 379 g/mol. The fourth-order valence-electron chi connectivity index (χ4n) is 3.21. The van der Waals surface area contributed by atoms with Gasteiger partial charge < -0.3 is 9.84 Å². The van der Waals surface area contributed by atoms with Crippen molar-refractivity contribution in [3.63, 3.8) is 0 Å². The lowest BCUT2D eigenvalue weighted by atomic mass is 10.1. The molecule has 0 radical (unpaired) electrons. The zero-order chi connectivity index (χ0) is 20.0. The summed E-state index contributed by atoms with van der Waals surface area (Å²) in [6.07, 6.45) is 2.47. The molecule has 2 fully saturated rings. The molecule has 0 bridgehead atoms. The number of pyridine rings is 1. The summed E-state index contributed by atoms with van der Waals surface area (Å²) in [5, 5.41) is 21.5. The maximum atomic E-state index is 14.7. The molecule has 0 spiro atoms. The van der Waals surface area contributed by atoms with Crippen LogP contribution in [0, 0.1) is 5.82 Å². The summed E-state index contributed by atoms with van der Waals surface area (Å²) in [6.45, 7) is -0.0942. The summed E-state index contributed by atoms with van der Waals surface area (Å²) in [5.41, 5.74) is 1.88. The first-order valence-electron chi connectivity index (χ1n) is 9.27. The summed E-state index contributed by atoms with van der Waals surface area (Å²) in [7, 11) is 0. The summed E-state index contributed by atoms with van der Waals surface area (Å²) in [5.74, 6) is -0.0552. The molecule has 0 unspecified atom stereocenters. The van der Waals surface area contributed by atoms with Gasteiger partial charge in [-0.1, -0.05) is 6.07 Å². The Bertz CT molecular complexity index is 1070. The van der Waals surface area contributed by atoms with Crippen LogP contribution in [0.2, 0.25) is 0 Å². The molecule has 10 heteroatoms. The molecule has 5 rings (SSSR count). The number of aliphatic hydroxyl groups is 1. The SMILES string of the molecule is O=C1O[C@@H](CO)CN1c1ccc(-c2ccc(-c3nnn(C4CC4)n3)nc2)c(F)c1. The van der Waals surface area contributed by atoms with Crippen LogP contribution in [-0.2, 0) is 4.74 Å². The van der Waals surface area contributed by atoms with E-state index in [2.05, 4.69) is 20.4 Å². The van der Waals surface area contributed by atoms with Crippen molar-refractivity contribution in [2.45, 2.75) is 25.0 Å². The van der Waals surface area contributed by atoms with Gasteiger partial charge in [-0.05, 0) is 42.3 Å². The van der Waals surface area contributed by atoms with Crippen molar-refractivity contribution in [2.24, 2.45) is 0 Å². The van der Waals surface area contributed by atoms with Crippen LogP contribution >= 0.6 is 0 Å². The van der Waals surface area contributed by atoms with E-state index in [1.807, 2.05) is 0 Å². The fraction of sp³-hybridized carbons (Fsp3) is 0.316. The van der Waals surface area contributed by atoms with Gasteiger partial charge in [0.1, 0.15) is 17.6 Å². The molecule has 1 atom stereocenters. The topological polar surface area (TPSA) is 106 Å². The van der Waals surface area contributed by atoms with Crippen molar-refractivity contribution in [3.8, 4) is 22.6 Å². The van der Waals surface area contributed by atoms with Crippen LogP contribution in [0.3, 0.4) is 0 Å². The normalized spacial score (nSPS) is 18.9. The number of halogens is 1. The van der Waals surface area contributed by atoms with E-state index in [1.165, 1.54) is 11.0 Å². The van der Waals surface area contributed by atoms with Gasteiger partial charge in [0, 0.05) is 17.3 Å². The minimum atomic E-state index is -0.603. The molecule has 1 aliphatic carbocycles. The second-order valence-corrected chi connectivity index (χ2v) is 7.06. The number of hydrogen-bond acceptors (Lipinski definition) is 7. The van der Waals surface area contributed by atoms with Crippen LogP contribution < -0.4 is 4.90 Å². The number of nitrogens with zero attached hydrogens (tertiary/aromatic N) is 6. The van der Waals surface area contributed by atoms with Crippen molar-refractivity contribution in [2.75, 3.05) is 18.1 Å². The van der Waals surface area contributed by atoms with Gasteiger partial charge in [-0.3, -0.25) is 9.88 Å². The Morgan fingerprint density at radius 1 is 1.24 bits per heavy atom. The Morgan fingerprint density at radius 2 is 2.10 bits per heavy atom. The van der Waals surface area contributed by atoms with Gasteiger partial charge in [-0.25, -0.2) is 9.18 Å². The highest BCUT2D eigenvalue weighted by atomic mass is 19.1. The number of rotatable bonds is 5. The molecule has 29 heavy (non-hydrogen) atoms. The summed E-state index contributed by atoms with van der Waals surface area (Å²) in [6, 6.07) is 8.29. The average molecular weight is 396 g/mol. The van der Waals surface area contributed by atoms with E-state index < -0.39 is 18.0 Å². The molecule has 2 aromatic heterocycles. The molecule has 2 aliphatic rings. The Balaban J connectivity index is 1.37. The minimum Gasteiger partial charge on any atom is -0.441 e. The Hall–Kier alpha value is -3.40. The summed E-state index contributed by atoms with van der Waals surface area (Å²) < 4.78 is 19.7. The molecule has 1 aromatic carbocycles. The largest absolute Gasteiger partial charge is 0.441 e. The Kier molecular flexibility index (Phi) is 4.20. The van der Waals surface area contributed by atoms with E-state index in [4.69, 9.17) is 9.84 Å². The van der Waals surface area contributed by atoms with Crippen molar-refractivity contribution in [1.82, 2.24) is 25.2 Å². The maximum Gasteiger partial charge on any atom is 0.414 e. The number of cyclic esters (lactones) is 1. The highest BCUT2D eigenvalue weighted by Crippen LogP contribution is 2.33. The predicted molar refractivity (Wildman–Crippen MR) is 99.4 cm³/mol. The summed E-state index contributed by atoms with van der Waals surface area (Å²) >= 11 is 0. The zero-order valence-corrected chi connectivity index (χ0v) is 15.3. The van der Waals surface area contributed by atoms with Crippen LogP contribution in [-0.4, -0.2) is 55.6 Å². The van der Waals surface area contributed by atoms with Crippen LogP contribution in [0.5, 0.6) is 0 Å². The van der Waals surface area contributed by atoms with Crippen molar-refractivity contribution in [3.05, 3.63) is 42.3 Å². The quantitative estimate of drug-likeness (QED) is 0.705. The highest BCUT2D eigenvalue weighted by molar-refractivity contribution is 5.90. The smallest absolute Gasteiger partial charge is 0.414 e. The number of aliphatic hydroxyl groups excluding tert-OH is 1. The highest BCUT2D eigenvalue weighted by Gasteiger charge is 2.32. The van der Waals surface area contributed by atoms with Crippen molar-refractivity contribution in [1.29, 1.82) is 0 Å². The van der Waals surface area contributed by atoms with Gasteiger partial charge in [-0.15, -0.1) is 10.2 Å². The number of carbonyl (C=O) groups is 1. The molecular formula is C19H17FN6O3. The number of anilines is 1. The second kappa shape index (κ2) is 6.89. The van der Waals surface area contributed by atoms with Gasteiger partial charge in [0.15, 0.2) is 0 Å². The lowest BCUT2D eigenvalue weighted by Crippen LogP contribution is -2.25. The second-order valence-electron chi connectivity index (χ2n) is 7.06. The third-order valence-electron chi connectivity index (χ3n) is 4.95. The molecule has 3 heterocycles. The van der Waals surface area contributed by atoms with Crippen LogP contribution in [0.1, 0.15) is 18.9 Å². The van der Waals surface area contributed by atoms with Gasteiger partial charge >= 0.3 is 6.09 Å².